The molecule has 0 fully saturated rings. The summed E-state index contributed by atoms with van der Waals surface area (Å²) < 4.78 is 7.47. The number of para-hydroxylation sites is 1. The molecule has 2 aromatic heterocycles. The number of aromatic nitrogens is 3. The molecule has 0 saturated heterocycles. The highest BCUT2D eigenvalue weighted by molar-refractivity contribution is 5.95. The highest BCUT2D eigenvalue weighted by Crippen LogP contribution is 2.32. The van der Waals surface area contributed by atoms with Crippen LogP contribution < -0.4 is 10.1 Å². The first-order chi connectivity index (χ1) is 14.2. The second kappa shape index (κ2) is 8.14. The second-order valence-corrected chi connectivity index (χ2v) is 6.68. The van der Waals surface area contributed by atoms with Gasteiger partial charge in [-0.25, -0.2) is 4.68 Å². The molecule has 146 valence electrons. The van der Waals surface area contributed by atoms with Crippen molar-refractivity contribution in [2.24, 2.45) is 0 Å². The van der Waals surface area contributed by atoms with E-state index in [1.807, 2.05) is 85.3 Å². The summed E-state index contributed by atoms with van der Waals surface area (Å²) in [5.41, 5.74) is 4.48. The van der Waals surface area contributed by atoms with Crippen LogP contribution in [0.4, 0.5) is 0 Å². The maximum absolute atomic E-state index is 11.8. The van der Waals surface area contributed by atoms with Crippen molar-refractivity contribution in [3.8, 4) is 22.8 Å². The lowest BCUT2D eigenvalue weighted by Gasteiger charge is -2.08. The molecule has 1 amide bonds. The van der Waals surface area contributed by atoms with Crippen molar-refractivity contribution in [2.75, 3.05) is 13.2 Å². The van der Waals surface area contributed by atoms with Crippen LogP contribution in [0.3, 0.4) is 0 Å². The summed E-state index contributed by atoms with van der Waals surface area (Å²) in [6.45, 7) is 4.37. The first-order valence-electron chi connectivity index (χ1n) is 9.58. The number of benzene rings is 2. The highest BCUT2D eigenvalue weighted by Gasteiger charge is 2.18. The lowest BCUT2D eigenvalue weighted by Crippen LogP contribution is -2.28. The summed E-state index contributed by atoms with van der Waals surface area (Å²) in [5.74, 6) is 0.228. The monoisotopic (exact) mass is 386 g/mol. The van der Waals surface area contributed by atoms with E-state index >= 15 is 0 Å². The third-order valence-electron chi connectivity index (χ3n) is 4.58. The van der Waals surface area contributed by atoms with Crippen LogP contribution in [-0.2, 0) is 4.79 Å². The summed E-state index contributed by atoms with van der Waals surface area (Å²) in [7, 11) is 0. The minimum atomic E-state index is -0.173. The van der Waals surface area contributed by atoms with E-state index in [0.29, 0.717) is 18.1 Å². The molecule has 0 aliphatic heterocycles. The number of fused-ring (bicyclic) bond motifs is 1. The second-order valence-electron chi connectivity index (χ2n) is 6.68. The van der Waals surface area contributed by atoms with Gasteiger partial charge in [-0.15, -0.1) is 0 Å². The first-order valence-corrected chi connectivity index (χ1v) is 9.58. The van der Waals surface area contributed by atoms with E-state index in [0.717, 1.165) is 27.9 Å². The molecule has 0 saturated carbocycles. The molecule has 0 radical (unpaired) electrons. The van der Waals surface area contributed by atoms with Gasteiger partial charge in [0.2, 0.25) is 5.88 Å². The van der Waals surface area contributed by atoms with Gasteiger partial charge in [0.25, 0.3) is 5.91 Å². The van der Waals surface area contributed by atoms with Gasteiger partial charge < -0.3 is 10.1 Å². The van der Waals surface area contributed by atoms with Crippen LogP contribution in [0.5, 0.6) is 5.88 Å². The minimum absolute atomic E-state index is 0.0726. The number of nitrogens with zero attached hydrogens (tertiary/aromatic N) is 3. The Morgan fingerprint density at radius 1 is 1.07 bits per heavy atom. The Labute approximate surface area is 169 Å². The number of nitrogens with one attached hydrogen (secondary N) is 1. The van der Waals surface area contributed by atoms with Crippen molar-refractivity contribution in [1.29, 1.82) is 0 Å². The molecule has 0 aliphatic rings. The predicted molar refractivity (Wildman–Crippen MR) is 113 cm³/mol. The molecule has 4 rings (SSSR count). The van der Waals surface area contributed by atoms with Crippen molar-refractivity contribution >= 4 is 16.9 Å². The molecule has 0 bridgehead atoms. The molecule has 0 atom stereocenters. The van der Waals surface area contributed by atoms with Gasteiger partial charge >= 0.3 is 0 Å². The molecule has 0 spiro atoms. The van der Waals surface area contributed by atoms with E-state index in [9.17, 15) is 4.79 Å². The van der Waals surface area contributed by atoms with Crippen LogP contribution in [0.2, 0.25) is 0 Å². The number of pyridine rings is 1. The van der Waals surface area contributed by atoms with E-state index in [2.05, 4.69) is 10.3 Å². The molecule has 2 heterocycles. The molecule has 2 aromatic carbocycles. The zero-order chi connectivity index (χ0) is 20.2. The van der Waals surface area contributed by atoms with E-state index in [4.69, 9.17) is 9.84 Å². The standard InChI is InChI=1S/C23H22N4O2/c1-3-24-19(28)15-29-20-14-16(2)21-22(17-10-6-4-7-11-17)26-27(23(21)25-20)18-12-8-5-9-13-18/h4-14H,3,15H2,1-2H3,(H,24,28). The van der Waals surface area contributed by atoms with Crippen LogP contribution in [-0.4, -0.2) is 33.8 Å². The Morgan fingerprint density at radius 2 is 1.76 bits per heavy atom. The van der Waals surface area contributed by atoms with Gasteiger partial charge in [-0.05, 0) is 31.5 Å². The number of carbonyl (C=O) groups is 1. The molecule has 6 nitrogen and oxygen atoms in total. The molecule has 0 aliphatic carbocycles. The smallest absolute Gasteiger partial charge is 0.257 e. The fraction of sp³-hybridized carbons (Fsp3) is 0.174. The summed E-state index contributed by atoms with van der Waals surface area (Å²) in [4.78, 5) is 16.4. The Balaban J connectivity index is 1.85. The number of aryl methyl sites for hydroxylation is 1. The van der Waals surface area contributed by atoms with Gasteiger partial charge in [0.05, 0.1) is 11.1 Å². The van der Waals surface area contributed by atoms with Crippen molar-refractivity contribution in [2.45, 2.75) is 13.8 Å². The number of ether oxygens (including phenoxy) is 1. The fourth-order valence-corrected chi connectivity index (χ4v) is 3.28. The Hall–Kier alpha value is -3.67. The van der Waals surface area contributed by atoms with Crippen molar-refractivity contribution in [1.82, 2.24) is 20.1 Å². The zero-order valence-electron chi connectivity index (χ0n) is 16.4. The molecule has 29 heavy (non-hydrogen) atoms. The maximum Gasteiger partial charge on any atom is 0.257 e. The predicted octanol–water partition coefficient (Wildman–Crippen LogP) is 3.91. The quantitative estimate of drug-likeness (QED) is 0.545. The average Bonchev–Trinajstić information content (AvgIpc) is 3.14. The number of likely N-dealkylation sites (N-methyl/N-ethyl adjacent to an activating group) is 1. The Morgan fingerprint density at radius 3 is 2.45 bits per heavy atom. The van der Waals surface area contributed by atoms with Gasteiger partial charge in [-0.3, -0.25) is 4.79 Å². The van der Waals surface area contributed by atoms with Gasteiger partial charge in [-0.2, -0.15) is 10.1 Å². The topological polar surface area (TPSA) is 69.0 Å². The summed E-state index contributed by atoms with van der Waals surface area (Å²) in [6, 6.07) is 21.8. The average molecular weight is 386 g/mol. The number of carbonyl (C=O) groups excluding carboxylic acids is 1. The number of hydrogen-bond acceptors (Lipinski definition) is 4. The van der Waals surface area contributed by atoms with Crippen LogP contribution in [0.1, 0.15) is 12.5 Å². The largest absolute Gasteiger partial charge is 0.468 e. The summed E-state index contributed by atoms with van der Waals surface area (Å²) in [5, 5.41) is 8.56. The summed E-state index contributed by atoms with van der Waals surface area (Å²) in [6.07, 6.45) is 0. The van der Waals surface area contributed by atoms with Gasteiger partial charge in [-0.1, -0.05) is 48.5 Å². The number of amides is 1. The number of hydrogen-bond donors (Lipinski definition) is 1. The Kier molecular flexibility index (Phi) is 5.24. The normalized spacial score (nSPS) is 10.8. The fourth-order valence-electron chi connectivity index (χ4n) is 3.28. The van der Waals surface area contributed by atoms with Crippen LogP contribution >= 0.6 is 0 Å². The van der Waals surface area contributed by atoms with Crippen molar-refractivity contribution in [3.63, 3.8) is 0 Å². The highest BCUT2D eigenvalue weighted by atomic mass is 16.5. The minimum Gasteiger partial charge on any atom is -0.468 e. The van der Waals surface area contributed by atoms with E-state index in [1.54, 1.807) is 0 Å². The van der Waals surface area contributed by atoms with Gasteiger partial charge in [0.15, 0.2) is 12.3 Å². The van der Waals surface area contributed by atoms with E-state index in [-0.39, 0.29) is 12.5 Å². The zero-order valence-corrected chi connectivity index (χ0v) is 16.4. The third-order valence-corrected chi connectivity index (χ3v) is 4.58. The maximum atomic E-state index is 11.8. The van der Waals surface area contributed by atoms with Crippen LogP contribution in [0.25, 0.3) is 28.0 Å². The summed E-state index contributed by atoms with van der Waals surface area (Å²) >= 11 is 0. The van der Waals surface area contributed by atoms with Crippen molar-refractivity contribution in [3.05, 3.63) is 72.3 Å². The van der Waals surface area contributed by atoms with E-state index in [1.165, 1.54) is 0 Å². The van der Waals surface area contributed by atoms with Crippen LogP contribution in [0, 0.1) is 6.92 Å². The molecule has 6 heteroatoms. The number of rotatable bonds is 6. The Bertz CT molecular complexity index is 1140. The van der Waals surface area contributed by atoms with Crippen LogP contribution in [0.15, 0.2) is 66.7 Å². The molecular weight excluding hydrogens is 364 g/mol. The lowest BCUT2D eigenvalue weighted by atomic mass is 10.1. The van der Waals surface area contributed by atoms with Gasteiger partial charge in [0.1, 0.15) is 5.69 Å². The lowest BCUT2D eigenvalue weighted by molar-refractivity contribution is -0.123. The molecule has 0 unspecified atom stereocenters. The van der Waals surface area contributed by atoms with Gasteiger partial charge in [0, 0.05) is 18.2 Å². The third kappa shape index (κ3) is 3.82. The molecule has 1 N–H and O–H groups in total. The first kappa shape index (κ1) is 18.7. The van der Waals surface area contributed by atoms with Crippen molar-refractivity contribution < 1.29 is 9.53 Å². The molecular formula is C23H22N4O2. The SMILES string of the molecule is CCNC(=O)COc1cc(C)c2c(-c3ccccc3)nn(-c3ccccc3)c2n1. The van der Waals surface area contributed by atoms with E-state index < -0.39 is 0 Å². The molecule has 4 aromatic rings.